The van der Waals surface area contributed by atoms with E-state index in [9.17, 15) is 0 Å². The largest absolute Gasteiger partial charge is 0.484 e. The van der Waals surface area contributed by atoms with Gasteiger partial charge in [-0.25, -0.2) is 0 Å². The zero-order chi connectivity index (χ0) is 13.7. The van der Waals surface area contributed by atoms with Crippen molar-refractivity contribution in [3.05, 3.63) is 64.7 Å². The molecule has 19 heavy (non-hydrogen) atoms. The SMILES string of the molecule is CNCC(Oc1ccc(Cl)cc1C)c1ccccc1. The molecule has 0 aliphatic heterocycles. The van der Waals surface area contributed by atoms with E-state index in [1.807, 2.05) is 50.4 Å². The Balaban J connectivity index is 2.21. The summed E-state index contributed by atoms with van der Waals surface area (Å²) in [7, 11) is 1.92. The summed E-state index contributed by atoms with van der Waals surface area (Å²) in [5.74, 6) is 0.869. The van der Waals surface area contributed by atoms with Gasteiger partial charge < -0.3 is 10.1 Å². The predicted octanol–water partition coefficient (Wildman–Crippen LogP) is 3.99. The van der Waals surface area contributed by atoms with E-state index in [1.54, 1.807) is 0 Å². The summed E-state index contributed by atoms with van der Waals surface area (Å²) >= 11 is 5.96. The lowest BCUT2D eigenvalue weighted by Crippen LogP contribution is -2.22. The minimum Gasteiger partial charge on any atom is -0.484 e. The summed E-state index contributed by atoms with van der Waals surface area (Å²) in [5.41, 5.74) is 2.20. The predicted molar refractivity (Wildman–Crippen MR) is 79.9 cm³/mol. The van der Waals surface area contributed by atoms with Gasteiger partial charge in [-0.1, -0.05) is 41.9 Å². The van der Waals surface area contributed by atoms with Crippen LogP contribution < -0.4 is 10.1 Å². The average molecular weight is 276 g/mol. The van der Waals surface area contributed by atoms with Crippen molar-refractivity contribution in [2.24, 2.45) is 0 Å². The molecule has 0 bridgehead atoms. The standard InChI is InChI=1S/C16H18ClNO/c1-12-10-14(17)8-9-15(12)19-16(11-18-2)13-6-4-3-5-7-13/h3-10,16,18H,11H2,1-2H3. The number of halogens is 1. The Morgan fingerprint density at radius 1 is 1.16 bits per heavy atom. The van der Waals surface area contributed by atoms with Crippen LogP contribution in [0.1, 0.15) is 17.2 Å². The van der Waals surface area contributed by atoms with Gasteiger partial charge in [-0.3, -0.25) is 0 Å². The van der Waals surface area contributed by atoms with Crippen LogP contribution in [-0.4, -0.2) is 13.6 Å². The van der Waals surface area contributed by atoms with Crippen LogP contribution >= 0.6 is 11.6 Å². The van der Waals surface area contributed by atoms with Crippen molar-refractivity contribution in [2.45, 2.75) is 13.0 Å². The first-order valence-corrected chi connectivity index (χ1v) is 6.71. The molecule has 1 atom stereocenters. The summed E-state index contributed by atoms with van der Waals surface area (Å²) in [6.45, 7) is 2.76. The highest BCUT2D eigenvalue weighted by Gasteiger charge is 2.13. The molecular formula is C16H18ClNO. The zero-order valence-electron chi connectivity index (χ0n) is 11.2. The van der Waals surface area contributed by atoms with Gasteiger partial charge in [0.2, 0.25) is 0 Å². The Labute approximate surface area is 119 Å². The van der Waals surface area contributed by atoms with Crippen LogP contribution in [0, 0.1) is 6.92 Å². The molecule has 100 valence electrons. The highest BCUT2D eigenvalue weighted by atomic mass is 35.5. The third kappa shape index (κ3) is 3.72. The molecular weight excluding hydrogens is 258 g/mol. The molecule has 0 heterocycles. The van der Waals surface area contributed by atoms with Gasteiger partial charge in [0.25, 0.3) is 0 Å². The average Bonchev–Trinajstić information content (AvgIpc) is 2.42. The first kappa shape index (κ1) is 13.9. The highest BCUT2D eigenvalue weighted by molar-refractivity contribution is 6.30. The molecule has 0 amide bonds. The number of benzene rings is 2. The van der Waals surface area contributed by atoms with Gasteiger partial charge >= 0.3 is 0 Å². The van der Waals surface area contributed by atoms with Crippen molar-refractivity contribution in [3.8, 4) is 5.75 Å². The number of likely N-dealkylation sites (N-methyl/N-ethyl adjacent to an activating group) is 1. The molecule has 2 aromatic carbocycles. The van der Waals surface area contributed by atoms with E-state index in [4.69, 9.17) is 16.3 Å². The molecule has 0 radical (unpaired) electrons. The van der Waals surface area contributed by atoms with E-state index in [-0.39, 0.29) is 6.10 Å². The minimum absolute atomic E-state index is 0.00826. The maximum Gasteiger partial charge on any atom is 0.136 e. The van der Waals surface area contributed by atoms with Crippen molar-refractivity contribution < 1.29 is 4.74 Å². The fourth-order valence-electron chi connectivity index (χ4n) is 1.98. The van der Waals surface area contributed by atoms with Crippen molar-refractivity contribution in [1.82, 2.24) is 5.32 Å². The van der Waals surface area contributed by atoms with Gasteiger partial charge in [-0.05, 0) is 43.3 Å². The summed E-state index contributed by atoms with van der Waals surface area (Å²) in [6.07, 6.45) is -0.00826. The molecule has 0 aliphatic carbocycles. The molecule has 0 fully saturated rings. The Morgan fingerprint density at radius 3 is 2.53 bits per heavy atom. The van der Waals surface area contributed by atoms with Crippen LogP contribution in [0.5, 0.6) is 5.75 Å². The van der Waals surface area contributed by atoms with E-state index in [0.29, 0.717) is 0 Å². The monoisotopic (exact) mass is 275 g/mol. The smallest absolute Gasteiger partial charge is 0.136 e. The van der Waals surface area contributed by atoms with Crippen LogP contribution in [0.2, 0.25) is 5.02 Å². The molecule has 2 rings (SSSR count). The van der Waals surface area contributed by atoms with Crippen LogP contribution in [0.15, 0.2) is 48.5 Å². The van der Waals surface area contributed by atoms with Crippen LogP contribution in [0.25, 0.3) is 0 Å². The lowest BCUT2D eigenvalue weighted by atomic mass is 10.1. The normalized spacial score (nSPS) is 12.2. The second-order valence-corrected chi connectivity index (χ2v) is 4.92. The van der Waals surface area contributed by atoms with Gasteiger partial charge in [0.05, 0.1) is 0 Å². The van der Waals surface area contributed by atoms with Crippen LogP contribution in [-0.2, 0) is 0 Å². The molecule has 2 nitrogen and oxygen atoms in total. The van der Waals surface area contributed by atoms with E-state index >= 15 is 0 Å². The lowest BCUT2D eigenvalue weighted by Gasteiger charge is -2.20. The molecule has 0 saturated carbocycles. The molecule has 0 spiro atoms. The van der Waals surface area contributed by atoms with Gasteiger partial charge in [-0.2, -0.15) is 0 Å². The van der Waals surface area contributed by atoms with Gasteiger partial charge in [0, 0.05) is 11.6 Å². The molecule has 0 aliphatic rings. The number of hydrogen-bond acceptors (Lipinski definition) is 2. The Hall–Kier alpha value is -1.51. The third-order valence-electron chi connectivity index (χ3n) is 2.97. The lowest BCUT2D eigenvalue weighted by molar-refractivity contribution is 0.203. The van der Waals surface area contributed by atoms with E-state index in [0.717, 1.165) is 28.4 Å². The third-order valence-corrected chi connectivity index (χ3v) is 3.20. The van der Waals surface area contributed by atoms with Gasteiger partial charge in [0.15, 0.2) is 0 Å². The summed E-state index contributed by atoms with van der Waals surface area (Å²) < 4.78 is 6.11. The van der Waals surface area contributed by atoms with E-state index in [2.05, 4.69) is 17.4 Å². The Bertz CT molecular complexity index is 528. The van der Waals surface area contributed by atoms with E-state index in [1.165, 1.54) is 0 Å². The van der Waals surface area contributed by atoms with Crippen LogP contribution in [0.4, 0.5) is 0 Å². The first-order valence-electron chi connectivity index (χ1n) is 6.33. The molecule has 1 N–H and O–H groups in total. The van der Waals surface area contributed by atoms with Crippen molar-refractivity contribution in [3.63, 3.8) is 0 Å². The van der Waals surface area contributed by atoms with Crippen molar-refractivity contribution >= 4 is 11.6 Å². The molecule has 1 unspecified atom stereocenters. The Morgan fingerprint density at radius 2 is 1.89 bits per heavy atom. The highest BCUT2D eigenvalue weighted by Crippen LogP contribution is 2.27. The summed E-state index contributed by atoms with van der Waals surface area (Å²) in [4.78, 5) is 0. The maximum absolute atomic E-state index is 6.11. The van der Waals surface area contributed by atoms with Gasteiger partial charge in [0.1, 0.15) is 11.9 Å². The Kier molecular flexibility index (Phi) is 4.83. The second-order valence-electron chi connectivity index (χ2n) is 4.48. The van der Waals surface area contributed by atoms with Crippen LogP contribution in [0.3, 0.4) is 0 Å². The fourth-order valence-corrected chi connectivity index (χ4v) is 2.21. The van der Waals surface area contributed by atoms with Crippen molar-refractivity contribution in [1.29, 1.82) is 0 Å². The maximum atomic E-state index is 6.11. The summed E-state index contributed by atoms with van der Waals surface area (Å²) in [6, 6.07) is 15.9. The number of hydrogen-bond donors (Lipinski definition) is 1. The minimum atomic E-state index is -0.00826. The fraction of sp³-hybridized carbons (Fsp3) is 0.250. The molecule has 0 saturated heterocycles. The molecule has 0 aromatic heterocycles. The van der Waals surface area contributed by atoms with Crippen molar-refractivity contribution in [2.75, 3.05) is 13.6 Å². The molecule has 3 heteroatoms. The number of nitrogens with one attached hydrogen (secondary N) is 1. The number of rotatable bonds is 5. The second kappa shape index (κ2) is 6.60. The quantitative estimate of drug-likeness (QED) is 0.891. The number of ether oxygens (including phenoxy) is 1. The molecule has 2 aromatic rings. The number of aryl methyl sites for hydroxylation is 1. The topological polar surface area (TPSA) is 21.3 Å². The zero-order valence-corrected chi connectivity index (χ0v) is 11.9. The summed E-state index contributed by atoms with van der Waals surface area (Å²) in [5, 5.41) is 3.90. The van der Waals surface area contributed by atoms with Gasteiger partial charge in [-0.15, -0.1) is 0 Å². The first-order chi connectivity index (χ1) is 9.20. The van der Waals surface area contributed by atoms with E-state index < -0.39 is 0 Å².